The maximum Gasteiger partial charge on any atom is 0.266 e. The quantitative estimate of drug-likeness (QED) is 0.699. The van der Waals surface area contributed by atoms with E-state index in [1.807, 2.05) is 37.3 Å². The van der Waals surface area contributed by atoms with Gasteiger partial charge in [-0.15, -0.1) is 0 Å². The smallest absolute Gasteiger partial charge is 0.266 e. The largest absolute Gasteiger partial charge is 0.493 e. The predicted molar refractivity (Wildman–Crippen MR) is 98.6 cm³/mol. The second-order valence-electron chi connectivity index (χ2n) is 6.36. The summed E-state index contributed by atoms with van der Waals surface area (Å²) in [5.41, 5.74) is 1.12. The maximum absolute atomic E-state index is 12.7. The van der Waals surface area contributed by atoms with E-state index in [0.717, 1.165) is 31.1 Å². The lowest BCUT2D eigenvalue weighted by molar-refractivity contribution is -0.128. The molecule has 1 aliphatic carbocycles. The predicted octanol–water partition coefficient (Wildman–Crippen LogP) is 3.69. The lowest BCUT2D eigenvalue weighted by Crippen LogP contribution is -2.34. The van der Waals surface area contributed by atoms with Crippen LogP contribution in [0.4, 0.5) is 0 Å². The first-order valence-electron chi connectivity index (χ1n) is 8.95. The van der Waals surface area contributed by atoms with Gasteiger partial charge in [0.05, 0.1) is 12.2 Å². The van der Waals surface area contributed by atoms with Gasteiger partial charge in [0.25, 0.3) is 5.91 Å². The lowest BCUT2D eigenvalue weighted by Gasteiger charge is -2.20. The van der Waals surface area contributed by atoms with E-state index in [-0.39, 0.29) is 11.9 Å². The van der Waals surface area contributed by atoms with E-state index in [4.69, 9.17) is 9.47 Å². The Labute approximate surface area is 153 Å². The van der Waals surface area contributed by atoms with Crippen molar-refractivity contribution in [2.75, 3.05) is 6.61 Å². The zero-order valence-corrected chi connectivity index (χ0v) is 14.8. The Hall–Kier alpha value is -2.82. The molecule has 0 saturated heterocycles. The summed E-state index contributed by atoms with van der Waals surface area (Å²) in [6.45, 7) is 2.59. The Morgan fingerprint density at radius 3 is 2.65 bits per heavy atom. The van der Waals surface area contributed by atoms with Crippen molar-refractivity contribution in [3.05, 3.63) is 59.7 Å². The van der Waals surface area contributed by atoms with Crippen molar-refractivity contribution >= 4 is 12.2 Å². The second-order valence-corrected chi connectivity index (χ2v) is 6.36. The van der Waals surface area contributed by atoms with Gasteiger partial charge in [-0.3, -0.25) is 9.59 Å². The minimum atomic E-state index is -0.822. The molecule has 136 valence electrons. The van der Waals surface area contributed by atoms with Gasteiger partial charge in [-0.05, 0) is 31.4 Å². The van der Waals surface area contributed by atoms with Crippen LogP contribution in [0.15, 0.2) is 48.5 Å². The molecule has 1 amide bonds. The molecule has 1 fully saturated rings. The van der Waals surface area contributed by atoms with E-state index in [2.05, 4.69) is 5.32 Å². The number of rotatable bonds is 9. The Morgan fingerprint density at radius 2 is 2.00 bits per heavy atom. The van der Waals surface area contributed by atoms with Crippen LogP contribution in [0.25, 0.3) is 0 Å². The molecule has 0 aromatic heterocycles. The van der Waals surface area contributed by atoms with Crippen LogP contribution in [-0.4, -0.2) is 24.8 Å². The third kappa shape index (κ3) is 4.63. The van der Waals surface area contributed by atoms with Crippen LogP contribution in [-0.2, 0) is 4.79 Å². The van der Waals surface area contributed by atoms with Crippen LogP contribution < -0.4 is 14.8 Å². The average molecular weight is 353 g/mol. The summed E-state index contributed by atoms with van der Waals surface area (Å²) in [4.78, 5) is 24.1. The third-order valence-electron chi connectivity index (χ3n) is 4.09. The molecule has 1 N–H and O–H groups in total. The third-order valence-corrected chi connectivity index (χ3v) is 4.09. The summed E-state index contributed by atoms with van der Waals surface area (Å²) in [6.07, 6.45) is 2.76. The molecule has 0 heterocycles. The van der Waals surface area contributed by atoms with Crippen molar-refractivity contribution in [2.45, 2.75) is 38.3 Å². The van der Waals surface area contributed by atoms with Crippen molar-refractivity contribution < 1.29 is 19.1 Å². The lowest BCUT2D eigenvalue weighted by atomic mass is 10.1. The number of nitrogens with one attached hydrogen (secondary N) is 1. The molecule has 26 heavy (non-hydrogen) atoms. The van der Waals surface area contributed by atoms with Gasteiger partial charge >= 0.3 is 0 Å². The maximum atomic E-state index is 12.7. The molecular formula is C21H23NO4. The fraction of sp³-hybridized carbons (Fsp3) is 0.333. The van der Waals surface area contributed by atoms with E-state index in [1.54, 1.807) is 18.2 Å². The van der Waals surface area contributed by atoms with Gasteiger partial charge in [0, 0.05) is 17.7 Å². The molecule has 1 aliphatic rings. The highest BCUT2D eigenvalue weighted by Crippen LogP contribution is 2.30. The summed E-state index contributed by atoms with van der Waals surface area (Å²) in [5, 5.41) is 2.98. The van der Waals surface area contributed by atoms with Crippen LogP contribution in [0.5, 0.6) is 11.5 Å². The van der Waals surface area contributed by atoms with E-state index in [9.17, 15) is 9.59 Å². The van der Waals surface area contributed by atoms with Crippen molar-refractivity contribution in [3.8, 4) is 11.5 Å². The fourth-order valence-electron chi connectivity index (χ4n) is 2.56. The van der Waals surface area contributed by atoms with Gasteiger partial charge in [0.2, 0.25) is 6.10 Å². The van der Waals surface area contributed by atoms with Gasteiger partial charge in [0.15, 0.2) is 6.29 Å². The average Bonchev–Trinajstić information content (AvgIpc) is 3.49. The SMILES string of the molecule is CCCOc1ccc(C=O)c(O[C@H](C(=O)NC2CC2)c2ccccc2)c1. The Balaban J connectivity index is 1.87. The molecule has 2 aromatic carbocycles. The Bertz CT molecular complexity index is 756. The second kappa shape index (κ2) is 8.52. The van der Waals surface area contributed by atoms with Gasteiger partial charge in [-0.25, -0.2) is 0 Å². The topological polar surface area (TPSA) is 64.6 Å². The summed E-state index contributed by atoms with van der Waals surface area (Å²) in [7, 11) is 0. The minimum absolute atomic E-state index is 0.199. The van der Waals surface area contributed by atoms with Gasteiger partial charge < -0.3 is 14.8 Å². The first-order valence-corrected chi connectivity index (χ1v) is 8.95. The zero-order chi connectivity index (χ0) is 18.4. The Kier molecular flexibility index (Phi) is 5.89. The standard InChI is InChI=1S/C21H23NO4/c1-2-12-25-18-11-8-16(14-23)19(13-18)26-20(15-6-4-3-5-7-15)21(24)22-17-9-10-17/h3-8,11,13-14,17,20H,2,9-10,12H2,1H3,(H,22,24)/t20-/m0/s1. The number of carbonyl (C=O) groups excluding carboxylic acids is 2. The van der Waals surface area contributed by atoms with Gasteiger partial charge in [-0.2, -0.15) is 0 Å². The Morgan fingerprint density at radius 1 is 1.23 bits per heavy atom. The van der Waals surface area contributed by atoms with Crippen LogP contribution in [0.2, 0.25) is 0 Å². The van der Waals surface area contributed by atoms with Crippen LogP contribution >= 0.6 is 0 Å². The van der Waals surface area contributed by atoms with Crippen LogP contribution in [0.1, 0.15) is 48.2 Å². The molecule has 0 radical (unpaired) electrons. The van der Waals surface area contributed by atoms with E-state index < -0.39 is 6.10 Å². The fourth-order valence-corrected chi connectivity index (χ4v) is 2.56. The highest BCUT2D eigenvalue weighted by molar-refractivity contribution is 5.84. The van der Waals surface area contributed by atoms with Crippen LogP contribution in [0.3, 0.4) is 0 Å². The van der Waals surface area contributed by atoms with Crippen molar-refractivity contribution in [1.82, 2.24) is 5.32 Å². The molecule has 3 rings (SSSR count). The molecule has 1 saturated carbocycles. The van der Waals surface area contributed by atoms with Crippen molar-refractivity contribution in [1.29, 1.82) is 0 Å². The summed E-state index contributed by atoms with van der Waals surface area (Å²) < 4.78 is 11.6. The molecule has 0 spiro atoms. The highest BCUT2D eigenvalue weighted by Gasteiger charge is 2.30. The highest BCUT2D eigenvalue weighted by atomic mass is 16.5. The number of benzene rings is 2. The summed E-state index contributed by atoms with van der Waals surface area (Å²) >= 11 is 0. The molecule has 0 unspecified atom stereocenters. The number of aldehydes is 1. The van der Waals surface area contributed by atoms with Crippen LogP contribution in [0, 0.1) is 0 Å². The molecular weight excluding hydrogens is 330 g/mol. The number of carbonyl (C=O) groups is 2. The minimum Gasteiger partial charge on any atom is -0.493 e. The molecule has 2 aromatic rings. The van der Waals surface area contributed by atoms with Crippen molar-refractivity contribution in [2.24, 2.45) is 0 Å². The van der Waals surface area contributed by atoms with Crippen molar-refractivity contribution in [3.63, 3.8) is 0 Å². The normalized spacial score (nSPS) is 14.3. The molecule has 5 nitrogen and oxygen atoms in total. The zero-order valence-electron chi connectivity index (χ0n) is 14.8. The van der Waals surface area contributed by atoms with E-state index in [1.165, 1.54) is 0 Å². The molecule has 1 atom stereocenters. The summed E-state index contributed by atoms with van der Waals surface area (Å²) in [5.74, 6) is 0.755. The number of amides is 1. The molecule has 0 aliphatic heterocycles. The first-order chi connectivity index (χ1) is 12.7. The number of ether oxygens (including phenoxy) is 2. The number of hydrogen-bond acceptors (Lipinski definition) is 4. The molecule has 0 bridgehead atoms. The van der Waals surface area contributed by atoms with Gasteiger partial charge in [0.1, 0.15) is 11.5 Å². The summed E-state index contributed by atoms with van der Waals surface area (Å²) in [6, 6.07) is 14.6. The van der Waals surface area contributed by atoms with E-state index in [0.29, 0.717) is 23.7 Å². The molecule has 5 heteroatoms. The van der Waals surface area contributed by atoms with Gasteiger partial charge in [-0.1, -0.05) is 37.3 Å². The van der Waals surface area contributed by atoms with E-state index >= 15 is 0 Å². The monoisotopic (exact) mass is 353 g/mol. The first kappa shape index (κ1) is 18.0. The number of hydrogen-bond donors (Lipinski definition) is 1.